The van der Waals surface area contributed by atoms with Gasteiger partial charge in [0.15, 0.2) is 0 Å². The van der Waals surface area contributed by atoms with Gasteiger partial charge < -0.3 is 8.85 Å². The van der Waals surface area contributed by atoms with Crippen molar-refractivity contribution in [1.82, 2.24) is 42.5 Å². The Kier molecular flexibility index (Phi) is 14.7. The van der Waals surface area contributed by atoms with E-state index in [2.05, 4.69) is 225 Å². The molecule has 0 radical (unpaired) electrons. The van der Waals surface area contributed by atoms with E-state index in [1.807, 2.05) is 0 Å². The summed E-state index contributed by atoms with van der Waals surface area (Å²) in [6.07, 6.45) is 18.1. The molecule has 9 aliphatic rings. The molecule has 5 aliphatic heterocycles. The summed E-state index contributed by atoms with van der Waals surface area (Å²) in [5.41, 5.74) is 0. The van der Waals surface area contributed by atoms with Crippen molar-refractivity contribution in [3.05, 3.63) is 182 Å². The van der Waals surface area contributed by atoms with Gasteiger partial charge in [-0.15, -0.1) is 0 Å². The first kappa shape index (κ1) is 52.2. The number of hydrogen-bond donors (Lipinski definition) is 8. The largest absolute Gasteiger partial charge is 0.399 e. The van der Waals surface area contributed by atoms with E-state index in [4.69, 9.17) is 8.85 Å². The molecule has 8 N–H and O–H groups in total. The Balaban J connectivity index is 0.905. The van der Waals surface area contributed by atoms with E-state index in [9.17, 15) is 0 Å². The van der Waals surface area contributed by atoms with Crippen LogP contribution in [0.3, 0.4) is 0 Å². The fourth-order valence-corrected chi connectivity index (χ4v) is 26.3. The van der Waals surface area contributed by atoms with Crippen LogP contribution >= 0.6 is 0 Å². The lowest BCUT2D eigenvalue weighted by Gasteiger charge is -2.50. The second-order valence-electron chi connectivity index (χ2n) is 25.6. The van der Waals surface area contributed by atoms with Gasteiger partial charge in [-0.2, -0.15) is 0 Å². The second-order valence-corrected chi connectivity index (χ2v) is 32.3. The predicted octanol–water partition coefficient (Wildman–Crippen LogP) is 5.93. The molecular formula is C68H84N8O2Si2. The quantitative estimate of drug-likeness (QED) is 0.0622. The van der Waals surface area contributed by atoms with E-state index in [1.54, 1.807) is 0 Å². The number of benzene rings is 6. The number of nitrogens with one attached hydrogen (secondary N) is 8. The summed E-state index contributed by atoms with van der Waals surface area (Å²) in [6, 6.07) is 67.7. The zero-order valence-corrected chi connectivity index (χ0v) is 48.4. The van der Waals surface area contributed by atoms with Crippen molar-refractivity contribution < 1.29 is 8.85 Å². The molecule has 18 unspecified atom stereocenters. The highest BCUT2D eigenvalue weighted by Gasteiger charge is 2.61. The molecule has 416 valence electrons. The lowest BCUT2D eigenvalue weighted by molar-refractivity contribution is -0.0466. The molecule has 0 aromatic heterocycles. The molecule has 10 nitrogen and oxygen atoms in total. The molecule has 4 saturated carbocycles. The summed E-state index contributed by atoms with van der Waals surface area (Å²) in [6.45, 7) is 0. The normalized spacial score (nSPS) is 36.8. The summed E-state index contributed by atoms with van der Waals surface area (Å²) in [5, 5.41) is 42.9. The fraction of sp³-hybridized carbons (Fsp3) is 0.471. The predicted molar refractivity (Wildman–Crippen MR) is 326 cm³/mol. The van der Waals surface area contributed by atoms with Crippen molar-refractivity contribution in [3.8, 4) is 0 Å². The highest BCUT2D eigenvalue weighted by Crippen LogP contribution is 2.47. The SMILES string of the molecule is c1ccc([Si](OC2CCC3C4NC5NC(NC6NC(NC7NC(NC(N4)C3C2O[Si](c2ccccc2)(c2ccccc2)c2ccccc2)C2CCCCC72)C2CCCCC62)C2CCCCC52)(c2ccccc2)c2ccccc2)cc1. The highest BCUT2D eigenvalue weighted by atomic mass is 28.4. The van der Waals surface area contributed by atoms with Crippen LogP contribution < -0.4 is 73.7 Å². The molecular weight excluding hydrogens is 1020 g/mol. The van der Waals surface area contributed by atoms with Gasteiger partial charge in [-0.25, -0.2) is 0 Å². The zero-order valence-electron chi connectivity index (χ0n) is 46.4. The molecule has 8 bridgehead atoms. The monoisotopic (exact) mass is 1100 g/mol. The van der Waals surface area contributed by atoms with Crippen molar-refractivity contribution in [2.75, 3.05) is 0 Å². The third-order valence-corrected chi connectivity index (χ3v) is 29.8. The van der Waals surface area contributed by atoms with Gasteiger partial charge >= 0.3 is 0 Å². The van der Waals surface area contributed by atoms with Gasteiger partial charge in [0, 0.05) is 5.92 Å². The number of rotatable bonds is 10. The van der Waals surface area contributed by atoms with Gasteiger partial charge in [-0.1, -0.05) is 221 Å². The molecule has 0 amide bonds. The summed E-state index contributed by atoms with van der Waals surface area (Å²) in [5.74, 6) is 3.76. The maximum atomic E-state index is 8.87. The van der Waals surface area contributed by atoms with E-state index < -0.39 is 16.6 Å². The Labute approximate surface area is 477 Å². The third kappa shape index (κ3) is 9.29. The highest BCUT2D eigenvalue weighted by molar-refractivity contribution is 7.07. The average molecular weight is 1100 g/mol. The molecule has 15 rings (SSSR count). The Morgan fingerprint density at radius 2 is 0.487 bits per heavy atom. The van der Waals surface area contributed by atoms with Crippen LogP contribution in [0.5, 0.6) is 0 Å². The molecule has 12 heteroatoms. The van der Waals surface area contributed by atoms with Gasteiger partial charge in [0.1, 0.15) is 0 Å². The molecule has 6 aromatic carbocycles. The minimum absolute atomic E-state index is 0.0352. The molecule has 5 saturated heterocycles. The maximum absolute atomic E-state index is 8.87. The first-order valence-corrected chi connectivity index (χ1v) is 35.2. The van der Waals surface area contributed by atoms with Crippen molar-refractivity contribution in [1.29, 1.82) is 0 Å². The first-order valence-electron chi connectivity index (χ1n) is 31.4. The van der Waals surface area contributed by atoms with Crippen LogP contribution in [0.2, 0.25) is 0 Å². The Hall–Kier alpha value is -4.65. The molecule has 18 atom stereocenters. The summed E-state index contributed by atoms with van der Waals surface area (Å²) in [7, 11) is -6.62. The molecule has 80 heavy (non-hydrogen) atoms. The summed E-state index contributed by atoms with van der Waals surface area (Å²) >= 11 is 0. The van der Waals surface area contributed by atoms with E-state index in [-0.39, 0.29) is 67.2 Å². The van der Waals surface area contributed by atoms with E-state index in [1.165, 1.54) is 108 Å². The standard InChI is InChI=1S/C68H84N8O2Si2/c1-7-25-45(26-8-1)79(46-27-9-2-10-28-46,47-29-11-3-12-30-47)77-58-44-43-57-59(60(58)78-80(48-31-13-4-14-32-48,49-33-15-5-16-34-49)50-35-17-6-18-36-50)68-75-66-56-42-24-23-41-55(56)64(73-66)71-62-52-38-20-19-37-51(52)61(69-62)70-63-53-39-21-22-40-54(53)65(72-63)74-67(57)76-68/h1-18,25-36,51-76H,19-24,37-44H2. The molecule has 4 aliphatic carbocycles. The van der Waals surface area contributed by atoms with Crippen LogP contribution in [0.4, 0.5) is 0 Å². The molecule has 6 aromatic rings. The zero-order chi connectivity index (χ0) is 53.0. The fourth-order valence-electron chi connectivity index (χ4n) is 18.1. The summed E-state index contributed by atoms with van der Waals surface area (Å²) in [4.78, 5) is 0. The van der Waals surface area contributed by atoms with Crippen molar-refractivity contribution in [3.63, 3.8) is 0 Å². The van der Waals surface area contributed by atoms with Crippen molar-refractivity contribution >= 4 is 47.8 Å². The number of hydrogen-bond acceptors (Lipinski definition) is 10. The van der Waals surface area contributed by atoms with Gasteiger partial charge in [0.2, 0.25) is 0 Å². The van der Waals surface area contributed by atoms with Gasteiger partial charge in [0.05, 0.1) is 61.5 Å². The smallest absolute Gasteiger partial charge is 0.288 e. The van der Waals surface area contributed by atoms with E-state index >= 15 is 0 Å². The van der Waals surface area contributed by atoms with Gasteiger partial charge in [0.25, 0.3) is 16.6 Å². The van der Waals surface area contributed by atoms with Gasteiger partial charge in [-0.3, -0.25) is 42.5 Å². The summed E-state index contributed by atoms with van der Waals surface area (Å²) < 4.78 is 17.5. The van der Waals surface area contributed by atoms with Crippen LogP contribution in [0.15, 0.2) is 182 Å². The van der Waals surface area contributed by atoms with Gasteiger partial charge in [-0.05, 0) is 124 Å². The second kappa shape index (κ2) is 22.5. The Bertz CT molecular complexity index is 2800. The van der Waals surface area contributed by atoms with Crippen LogP contribution in [0, 0.1) is 47.3 Å². The molecule has 5 heterocycles. The maximum Gasteiger partial charge on any atom is 0.288 e. The lowest BCUT2D eigenvalue weighted by Crippen LogP contribution is -2.75. The Morgan fingerprint density at radius 1 is 0.250 bits per heavy atom. The molecule has 0 spiro atoms. The van der Waals surface area contributed by atoms with Crippen LogP contribution in [0.25, 0.3) is 0 Å². The van der Waals surface area contributed by atoms with Crippen LogP contribution in [0.1, 0.15) is 89.9 Å². The van der Waals surface area contributed by atoms with Crippen LogP contribution in [-0.4, -0.2) is 78.2 Å². The minimum Gasteiger partial charge on any atom is -0.399 e. The third-order valence-electron chi connectivity index (χ3n) is 21.6. The average Bonchev–Trinajstić information content (AvgIpc) is 4.28. The lowest BCUT2D eigenvalue weighted by atomic mass is 9.74. The number of fused-ring (bicyclic) bond motifs is 20. The van der Waals surface area contributed by atoms with E-state index in [0.717, 1.165) is 12.8 Å². The molecule has 9 fully saturated rings. The minimum atomic E-state index is -3.35. The van der Waals surface area contributed by atoms with E-state index in [0.29, 0.717) is 41.7 Å². The first-order chi connectivity index (χ1) is 39.6. The van der Waals surface area contributed by atoms with Crippen LogP contribution in [-0.2, 0) is 8.85 Å². The van der Waals surface area contributed by atoms with Crippen molar-refractivity contribution in [2.45, 2.75) is 151 Å². The van der Waals surface area contributed by atoms with Crippen molar-refractivity contribution in [2.24, 2.45) is 47.3 Å². The topological polar surface area (TPSA) is 115 Å². The Morgan fingerprint density at radius 3 is 0.762 bits per heavy atom.